The van der Waals surface area contributed by atoms with Crippen LogP contribution in [0.4, 0.5) is 5.69 Å². The van der Waals surface area contributed by atoms with Gasteiger partial charge >= 0.3 is 0 Å². The number of rotatable bonds is 6. The highest BCUT2D eigenvalue weighted by Gasteiger charge is 2.19. The molecule has 172 valence electrons. The van der Waals surface area contributed by atoms with Crippen LogP contribution in [0.15, 0.2) is 59.6 Å². The fraction of sp³-hybridized carbons (Fsp3) is 0.320. The predicted octanol–water partition coefficient (Wildman–Crippen LogP) is 5.13. The second kappa shape index (κ2) is 10.2. The molecule has 1 unspecified atom stereocenters. The van der Waals surface area contributed by atoms with E-state index in [1.54, 1.807) is 12.1 Å². The third-order valence-corrected chi connectivity index (χ3v) is 5.96. The number of nitrogens with one attached hydrogen (secondary N) is 1. The van der Waals surface area contributed by atoms with E-state index in [-0.39, 0.29) is 29.1 Å². The minimum atomic E-state index is -0.369. The zero-order chi connectivity index (χ0) is 21.9. The van der Waals surface area contributed by atoms with E-state index >= 15 is 0 Å². The first-order valence-electron chi connectivity index (χ1n) is 11.0. The Labute approximate surface area is 198 Å². The SMILES string of the molecule is Cl.O=[N+]([O-])c1cccc(-c2ccc3cc(OCC4CCCCO4)c(C4=NCCN4)cc3c2)c1. The van der Waals surface area contributed by atoms with Crippen LogP contribution < -0.4 is 10.1 Å². The van der Waals surface area contributed by atoms with E-state index in [9.17, 15) is 10.1 Å². The van der Waals surface area contributed by atoms with Crippen molar-refractivity contribution in [3.8, 4) is 16.9 Å². The van der Waals surface area contributed by atoms with Gasteiger partial charge in [-0.05, 0) is 59.4 Å². The second-order valence-corrected chi connectivity index (χ2v) is 8.17. The van der Waals surface area contributed by atoms with Crippen molar-refractivity contribution in [2.45, 2.75) is 25.4 Å². The molecule has 0 saturated carbocycles. The minimum Gasteiger partial charge on any atom is -0.490 e. The summed E-state index contributed by atoms with van der Waals surface area (Å²) in [4.78, 5) is 15.4. The van der Waals surface area contributed by atoms with E-state index in [0.717, 1.165) is 71.6 Å². The lowest BCUT2D eigenvalue weighted by atomic mass is 9.98. The average molecular weight is 468 g/mol. The summed E-state index contributed by atoms with van der Waals surface area (Å²) in [5.41, 5.74) is 2.76. The first-order valence-corrected chi connectivity index (χ1v) is 11.0. The summed E-state index contributed by atoms with van der Waals surface area (Å²) >= 11 is 0. The molecule has 2 aliphatic rings. The molecule has 0 radical (unpaired) electrons. The summed E-state index contributed by atoms with van der Waals surface area (Å²) in [6.45, 7) is 2.88. The number of aliphatic imine (C=N–C) groups is 1. The lowest BCUT2D eigenvalue weighted by molar-refractivity contribution is -0.384. The van der Waals surface area contributed by atoms with Gasteiger partial charge in [0.1, 0.15) is 18.2 Å². The highest BCUT2D eigenvalue weighted by Crippen LogP contribution is 2.32. The molecule has 3 aromatic rings. The lowest BCUT2D eigenvalue weighted by Gasteiger charge is -2.23. The molecule has 2 heterocycles. The number of ether oxygens (including phenoxy) is 2. The van der Waals surface area contributed by atoms with Crippen LogP contribution in [0.5, 0.6) is 5.75 Å². The van der Waals surface area contributed by atoms with Gasteiger partial charge in [0.15, 0.2) is 0 Å². The van der Waals surface area contributed by atoms with Crippen molar-refractivity contribution >= 4 is 34.7 Å². The van der Waals surface area contributed by atoms with Gasteiger partial charge in [-0.25, -0.2) is 0 Å². The smallest absolute Gasteiger partial charge is 0.270 e. The standard InChI is InChI=1S/C25H25N3O4.ClH/c29-28(30)21-5-3-4-17(13-21)18-7-8-19-15-24(32-16-22-6-1-2-11-31-22)23(14-20(19)12-18)25-26-9-10-27-25;/h3-5,7-8,12-15,22H,1-2,6,9-11,16H2,(H,26,27);1H. The first-order chi connectivity index (χ1) is 15.7. The topological polar surface area (TPSA) is 86.0 Å². The van der Waals surface area contributed by atoms with Gasteiger partial charge in [0.05, 0.1) is 23.1 Å². The van der Waals surface area contributed by atoms with Gasteiger partial charge in [-0.3, -0.25) is 15.1 Å². The molecule has 1 atom stereocenters. The van der Waals surface area contributed by atoms with Gasteiger partial charge in [0.2, 0.25) is 0 Å². The highest BCUT2D eigenvalue weighted by atomic mass is 35.5. The van der Waals surface area contributed by atoms with E-state index in [0.29, 0.717) is 6.61 Å². The van der Waals surface area contributed by atoms with Crippen molar-refractivity contribution in [1.82, 2.24) is 5.32 Å². The Morgan fingerprint density at radius 2 is 1.97 bits per heavy atom. The number of non-ortho nitro benzene ring substituents is 1. The van der Waals surface area contributed by atoms with E-state index in [4.69, 9.17) is 9.47 Å². The van der Waals surface area contributed by atoms with Gasteiger partial charge < -0.3 is 14.8 Å². The summed E-state index contributed by atoms with van der Waals surface area (Å²) in [6, 6.07) is 16.9. The summed E-state index contributed by atoms with van der Waals surface area (Å²) in [5.74, 6) is 1.63. The Balaban J connectivity index is 0.00000259. The molecule has 0 aliphatic carbocycles. The molecular formula is C25H26ClN3O4. The van der Waals surface area contributed by atoms with Gasteiger partial charge in [0, 0.05) is 25.3 Å². The molecular weight excluding hydrogens is 442 g/mol. The molecule has 0 amide bonds. The second-order valence-electron chi connectivity index (χ2n) is 8.17. The maximum atomic E-state index is 11.2. The highest BCUT2D eigenvalue weighted by molar-refractivity contribution is 6.06. The third kappa shape index (κ3) is 5.10. The number of nitro groups is 1. The number of nitro benzene ring substituents is 1. The van der Waals surface area contributed by atoms with Crippen LogP contribution in [0.2, 0.25) is 0 Å². The Hall–Kier alpha value is -3.16. The zero-order valence-corrected chi connectivity index (χ0v) is 19.0. The Bertz CT molecular complexity index is 1190. The van der Waals surface area contributed by atoms with Crippen molar-refractivity contribution in [2.24, 2.45) is 4.99 Å². The van der Waals surface area contributed by atoms with Gasteiger partial charge in [-0.2, -0.15) is 0 Å². The van der Waals surface area contributed by atoms with Crippen molar-refractivity contribution in [1.29, 1.82) is 0 Å². The number of hydrogen-bond acceptors (Lipinski definition) is 6. The molecule has 33 heavy (non-hydrogen) atoms. The molecule has 0 aromatic heterocycles. The summed E-state index contributed by atoms with van der Waals surface area (Å²) in [7, 11) is 0. The van der Waals surface area contributed by atoms with Crippen LogP contribution in [0.1, 0.15) is 24.8 Å². The van der Waals surface area contributed by atoms with Crippen molar-refractivity contribution in [3.05, 3.63) is 70.3 Å². The summed E-state index contributed by atoms with van der Waals surface area (Å²) in [6.07, 6.45) is 3.44. The Morgan fingerprint density at radius 3 is 2.73 bits per heavy atom. The zero-order valence-electron chi connectivity index (χ0n) is 18.2. The van der Waals surface area contributed by atoms with Gasteiger partial charge in [0.25, 0.3) is 5.69 Å². The number of amidine groups is 1. The van der Waals surface area contributed by atoms with Gasteiger partial charge in [-0.15, -0.1) is 12.4 Å². The Morgan fingerprint density at radius 1 is 1.09 bits per heavy atom. The molecule has 7 nitrogen and oxygen atoms in total. The molecule has 1 saturated heterocycles. The van der Waals surface area contributed by atoms with Gasteiger partial charge in [-0.1, -0.05) is 24.3 Å². The van der Waals surface area contributed by atoms with Crippen LogP contribution >= 0.6 is 12.4 Å². The number of halogens is 1. The summed E-state index contributed by atoms with van der Waals surface area (Å²) < 4.78 is 12.1. The number of fused-ring (bicyclic) bond motifs is 1. The molecule has 5 rings (SSSR count). The van der Waals surface area contributed by atoms with E-state index in [1.807, 2.05) is 24.3 Å². The quantitative estimate of drug-likeness (QED) is 0.401. The first kappa shape index (κ1) is 23.0. The van der Waals surface area contributed by atoms with Crippen LogP contribution in [-0.4, -0.2) is 43.2 Å². The largest absolute Gasteiger partial charge is 0.490 e. The lowest BCUT2D eigenvalue weighted by Crippen LogP contribution is -2.27. The van der Waals surface area contributed by atoms with Crippen molar-refractivity contribution < 1.29 is 14.4 Å². The predicted molar refractivity (Wildman–Crippen MR) is 132 cm³/mol. The van der Waals surface area contributed by atoms with E-state index in [2.05, 4.69) is 22.4 Å². The average Bonchev–Trinajstić information content (AvgIpc) is 3.37. The molecule has 8 heteroatoms. The van der Waals surface area contributed by atoms with Crippen LogP contribution in [0.25, 0.3) is 21.9 Å². The summed E-state index contributed by atoms with van der Waals surface area (Å²) in [5, 5.41) is 16.6. The van der Waals surface area contributed by atoms with Crippen LogP contribution in [-0.2, 0) is 4.74 Å². The fourth-order valence-corrected chi connectivity index (χ4v) is 4.26. The maximum Gasteiger partial charge on any atom is 0.270 e. The van der Waals surface area contributed by atoms with E-state index < -0.39 is 0 Å². The normalized spacial score (nSPS) is 17.7. The van der Waals surface area contributed by atoms with E-state index in [1.165, 1.54) is 12.5 Å². The molecule has 3 aromatic carbocycles. The third-order valence-electron chi connectivity index (χ3n) is 5.96. The maximum absolute atomic E-state index is 11.2. The molecule has 2 aliphatic heterocycles. The number of benzene rings is 3. The molecule has 1 N–H and O–H groups in total. The molecule has 0 spiro atoms. The molecule has 0 bridgehead atoms. The van der Waals surface area contributed by atoms with Crippen LogP contribution in [0.3, 0.4) is 0 Å². The number of hydrogen-bond donors (Lipinski definition) is 1. The number of nitrogens with zero attached hydrogens (tertiary/aromatic N) is 2. The fourth-order valence-electron chi connectivity index (χ4n) is 4.26. The Kier molecular flexibility index (Phi) is 7.11. The molecule has 1 fully saturated rings. The van der Waals surface area contributed by atoms with Crippen molar-refractivity contribution in [2.75, 3.05) is 26.3 Å². The minimum absolute atomic E-state index is 0. The monoisotopic (exact) mass is 467 g/mol. The van der Waals surface area contributed by atoms with Crippen molar-refractivity contribution in [3.63, 3.8) is 0 Å². The van der Waals surface area contributed by atoms with Crippen LogP contribution in [0, 0.1) is 10.1 Å².